The van der Waals surface area contributed by atoms with Crippen LogP contribution >= 0.6 is 0 Å². The fourth-order valence-electron chi connectivity index (χ4n) is 3.41. The van der Waals surface area contributed by atoms with Gasteiger partial charge in [0.25, 0.3) is 0 Å². The van der Waals surface area contributed by atoms with Gasteiger partial charge in [-0.3, -0.25) is 0 Å². The van der Waals surface area contributed by atoms with Crippen molar-refractivity contribution in [3.8, 4) is 0 Å². The highest BCUT2D eigenvalue weighted by Gasteiger charge is 2.41. The molecule has 0 amide bonds. The summed E-state index contributed by atoms with van der Waals surface area (Å²) in [6.07, 6.45) is 10.2. The Bertz CT molecular complexity index is 231. The first-order valence-electron chi connectivity index (χ1n) is 7.20. The molecule has 2 unspecified atom stereocenters. The summed E-state index contributed by atoms with van der Waals surface area (Å²) in [4.78, 5) is 0. The summed E-state index contributed by atoms with van der Waals surface area (Å²) in [6, 6.07) is 1.45. The third kappa shape index (κ3) is 2.43. The van der Waals surface area contributed by atoms with Crippen LogP contribution in [0.2, 0.25) is 0 Å². The maximum atomic E-state index is 5.89. The second kappa shape index (κ2) is 4.66. The molecular weight excluding hydrogens is 198 g/mol. The SMILES string of the molecule is CC1CCC(NC2CCOC2C2CC2)CC1. The Kier molecular flexibility index (Phi) is 3.21. The van der Waals surface area contributed by atoms with Gasteiger partial charge in [0.1, 0.15) is 0 Å². The summed E-state index contributed by atoms with van der Waals surface area (Å²) >= 11 is 0. The van der Waals surface area contributed by atoms with Crippen LogP contribution in [0.25, 0.3) is 0 Å². The summed E-state index contributed by atoms with van der Waals surface area (Å²) < 4.78 is 5.89. The van der Waals surface area contributed by atoms with Gasteiger partial charge in [0, 0.05) is 18.7 Å². The van der Waals surface area contributed by atoms with E-state index in [-0.39, 0.29) is 0 Å². The average Bonchev–Trinajstić information content (AvgIpc) is 3.03. The lowest BCUT2D eigenvalue weighted by atomic mass is 9.86. The quantitative estimate of drug-likeness (QED) is 0.794. The van der Waals surface area contributed by atoms with Gasteiger partial charge in [0.05, 0.1) is 6.10 Å². The maximum Gasteiger partial charge on any atom is 0.0757 e. The van der Waals surface area contributed by atoms with E-state index < -0.39 is 0 Å². The van der Waals surface area contributed by atoms with Gasteiger partial charge in [0.15, 0.2) is 0 Å². The van der Waals surface area contributed by atoms with Gasteiger partial charge >= 0.3 is 0 Å². The summed E-state index contributed by atoms with van der Waals surface area (Å²) in [5.74, 6) is 1.85. The van der Waals surface area contributed by atoms with Crippen molar-refractivity contribution in [2.24, 2.45) is 11.8 Å². The monoisotopic (exact) mass is 223 g/mol. The summed E-state index contributed by atoms with van der Waals surface area (Å²) in [6.45, 7) is 3.38. The molecule has 1 aliphatic heterocycles. The summed E-state index contributed by atoms with van der Waals surface area (Å²) in [5.41, 5.74) is 0. The fraction of sp³-hybridized carbons (Fsp3) is 1.00. The van der Waals surface area contributed by atoms with Crippen LogP contribution < -0.4 is 5.32 Å². The van der Waals surface area contributed by atoms with Crippen molar-refractivity contribution < 1.29 is 4.74 Å². The first-order chi connectivity index (χ1) is 7.83. The molecule has 1 N–H and O–H groups in total. The Morgan fingerprint density at radius 1 is 0.938 bits per heavy atom. The lowest BCUT2D eigenvalue weighted by molar-refractivity contribution is 0.0770. The Balaban J connectivity index is 1.49. The van der Waals surface area contributed by atoms with Crippen LogP contribution in [0.3, 0.4) is 0 Å². The molecule has 16 heavy (non-hydrogen) atoms. The number of rotatable bonds is 3. The molecule has 1 saturated heterocycles. The molecule has 0 aromatic carbocycles. The summed E-state index contributed by atoms with van der Waals surface area (Å²) in [5, 5.41) is 3.88. The molecule has 2 saturated carbocycles. The lowest BCUT2D eigenvalue weighted by Crippen LogP contribution is -2.45. The predicted molar refractivity (Wildman–Crippen MR) is 65.4 cm³/mol. The highest BCUT2D eigenvalue weighted by atomic mass is 16.5. The van der Waals surface area contributed by atoms with Gasteiger partial charge in [0.2, 0.25) is 0 Å². The molecule has 0 radical (unpaired) electrons. The number of nitrogens with one attached hydrogen (secondary N) is 1. The van der Waals surface area contributed by atoms with Crippen molar-refractivity contribution in [1.29, 1.82) is 0 Å². The van der Waals surface area contributed by atoms with Crippen molar-refractivity contribution in [3.05, 3.63) is 0 Å². The topological polar surface area (TPSA) is 21.3 Å². The van der Waals surface area contributed by atoms with Gasteiger partial charge in [-0.1, -0.05) is 6.92 Å². The van der Waals surface area contributed by atoms with Crippen molar-refractivity contribution >= 4 is 0 Å². The van der Waals surface area contributed by atoms with Gasteiger partial charge < -0.3 is 10.1 Å². The van der Waals surface area contributed by atoms with E-state index in [0.29, 0.717) is 12.1 Å². The van der Waals surface area contributed by atoms with E-state index in [2.05, 4.69) is 12.2 Å². The van der Waals surface area contributed by atoms with Crippen molar-refractivity contribution in [1.82, 2.24) is 5.32 Å². The molecule has 2 atom stereocenters. The van der Waals surface area contributed by atoms with E-state index in [1.165, 1.54) is 44.9 Å². The second-order valence-electron chi connectivity index (χ2n) is 6.19. The van der Waals surface area contributed by atoms with Crippen LogP contribution in [0.5, 0.6) is 0 Å². The Labute approximate surface area is 99.1 Å². The molecule has 2 heteroatoms. The molecule has 92 valence electrons. The Hall–Kier alpha value is -0.0800. The van der Waals surface area contributed by atoms with E-state index in [4.69, 9.17) is 4.74 Å². The average molecular weight is 223 g/mol. The van der Waals surface area contributed by atoms with E-state index in [0.717, 1.165) is 24.5 Å². The molecule has 0 aromatic heterocycles. The van der Waals surface area contributed by atoms with Crippen LogP contribution in [0.15, 0.2) is 0 Å². The zero-order valence-corrected chi connectivity index (χ0v) is 10.5. The first-order valence-corrected chi connectivity index (χ1v) is 7.20. The highest BCUT2D eigenvalue weighted by molar-refractivity contribution is 4.95. The third-order valence-electron chi connectivity index (χ3n) is 4.69. The van der Waals surface area contributed by atoms with Crippen LogP contribution in [-0.4, -0.2) is 24.8 Å². The van der Waals surface area contributed by atoms with Gasteiger partial charge in [-0.15, -0.1) is 0 Å². The zero-order chi connectivity index (χ0) is 11.0. The van der Waals surface area contributed by atoms with E-state index in [1.54, 1.807) is 0 Å². The molecule has 3 aliphatic rings. The molecule has 0 bridgehead atoms. The molecule has 3 fully saturated rings. The number of hydrogen-bond donors (Lipinski definition) is 1. The zero-order valence-electron chi connectivity index (χ0n) is 10.5. The van der Waals surface area contributed by atoms with Crippen LogP contribution in [0, 0.1) is 11.8 Å². The smallest absolute Gasteiger partial charge is 0.0757 e. The van der Waals surface area contributed by atoms with Gasteiger partial charge in [-0.25, -0.2) is 0 Å². The first kappa shape index (κ1) is 11.0. The maximum absolute atomic E-state index is 5.89. The van der Waals surface area contributed by atoms with Crippen LogP contribution in [0.4, 0.5) is 0 Å². The van der Waals surface area contributed by atoms with Crippen LogP contribution in [-0.2, 0) is 4.74 Å². The van der Waals surface area contributed by atoms with E-state index in [9.17, 15) is 0 Å². The van der Waals surface area contributed by atoms with Gasteiger partial charge in [-0.05, 0) is 56.8 Å². The molecule has 0 spiro atoms. The minimum absolute atomic E-state index is 0.555. The fourth-order valence-corrected chi connectivity index (χ4v) is 3.41. The number of hydrogen-bond acceptors (Lipinski definition) is 2. The Morgan fingerprint density at radius 2 is 1.69 bits per heavy atom. The van der Waals surface area contributed by atoms with Crippen molar-refractivity contribution in [2.75, 3.05) is 6.61 Å². The number of ether oxygens (including phenoxy) is 1. The minimum atomic E-state index is 0.555. The normalized spacial score (nSPS) is 44.8. The molecule has 1 heterocycles. The molecule has 2 nitrogen and oxygen atoms in total. The molecule has 3 rings (SSSR count). The second-order valence-corrected chi connectivity index (χ2v) is 6.19. The predicted octanol–water partition coefficient (Wildman–Crippen LogP) is 2.72. The van der Waals surface area contributed by atoms with Crippen LogP contribution in [0.1, 0.15) is 51.9 Å². The highest BCUT2D eigenvalue weighted by Crippen LogP contribution is 2.39. The largest absolute Gasteiger partial charge is 0.376 e. The molecule has 0 aromatic rings. The van der Waals surface area contributed by atoms with Gasteiger partial charge in [-0.2, -0.15) is 0 Å². The molecule has 2 aliphatic carbocycles. The third-order valence-corrected chi connectivity index (χ3v) is 4.69. The molecular formula is C14H25NO. The lowest BCUT2D eigenvalue weighted by Gasteiger charge is -2.31. The van der Waals surface area contributed by atoms with Crippen molar-refractivity contribution in [2.45, 2.75) is 70.1 Å². The Morgan fingerprint density at radius 3 is 2.38 bits per heavy atom. The standard InChI is InChI=1S/C14H25NO/c1-10-2-6-12(7-3-10)15-13-8-9-16-14(13)11-4-5-11/h10-15H,2-9H2,1H3. The van der Waals surface area contributed by atoms with E-state index >= 15 is 0 Å². The van der Waals surface area contributed by atoms with E-state index in [1.807, 2.05) is 0 Å². The minimum Gasteiger partial charge on any atom is -0.376 e. The summed E-state index contributed by atoms with van der Waals surface area (Å²) in [7, 11) is 0. The van der Waals surface area contributed by atoms with Crippen molar-refractivity contribution in [3.63, 3.8) is 0 Å².